The van der Waals surface area contributed by atoms with Gasteiger partial charge in [-0.05, 0) is 37.0 Å². The average molecular weight is 1330 g/mol. The van der Waals surface area contributed by atoms with E-state index in [0.717, 1.165) is 5.56 Å². The van der Waals surface area contributed by atoms with E-state index in [0.29, 0.717) is 79.8 Å². The summed E-state index contributed by atoms with van der Waals surface area (Å²) in [6, 6.07) is 11.5. The number of carboxylic acids is 2. The van der Waals surface area contributed by atoms with Gasteiger partial charge in [-0.1, -0.05) is 51.1 Å². The summed E-state index contributed by atoms with van der Waals surface area (Å²) in [5, 5.41) is 39.8. The van der Waals surface area contributed by atoms with E-state index >= 15 is 0 Å². The van der Waals surface area contributed by atoms with Gasteiger partial charge in [-0.3, -0.25) is 42.9 Å². The monoisotopic (exact) mass is 1330 g/mol. The van der Waals surface area contributed by atoms with Gasteiger partial charge in [-0.2, -0.15) is 0 Å². The Morgan fingerprint density at radius 1 is 0.711 bits per heavy atom. The fraction of sp³-hybridized carbons (Fsp3) is 0.333. The van der Waals surface area contributed by atoms with E-state index in [9.17, 15) is 48.6 Å². The lowest BCUT2D eigenvalue weighted by molar-refractivity contribution is -0.138. The summed E-state index contributed by atoms with van der Waals surface area (Å²) < 4.78 is 7.08. The third kappa shape index (κ3) is 14.9. The highest BCUT2D eigenvalue weighted by Crippen LogP contribution is 2.41. The van der Waals surface area contributed by atoms with Crippen molar-refractivity contribution < 1.29 is 53.3 Å². The van der Waals surface area contributed by atoms with Gasteiger partial charge in [0.15, 0.2) is 11.6 Å². The fourth-order valence-corrected chi connectivity index (χ4v) is 15.5. The number of hydrogen-bond donors (Lipinski definition) is 6. The summed E-state index contributed by atoms with van der Waals surface area (Å²) in [6.45, 7) is 7.27. The first kappa shape index (κ1) is 64.5. The molecule has 1 aliphatic heterocycles. The van der Waals surface area contributed by atoms with Gasteiger partial charge >= 0.3 is 11.9 Å². The van der Waals surface area contributed by atoms with Crippen molar-refractivity contribution >= 4 is 115 Å². The number of carbonyl (C=O) groups is 8. The van der Waals surface area contributed by atoms with Crippen LogP contribution in [0.4, 0.5) is 0 Å². The molecule has 9 heterocycles. The summed E-state index contributed by atoms with van der Waals surface area (Å²) >= 11 is 7.47. The number of carbonyl (C=O) groups excluding carboxylic acids is 6. The Morgan fingerprint density at radius 3 is 2.17 bits per heavy atom. The van der Waals surface area contributed by atoms with E-state index in [1.54, 1.807) is 34.4 Å². The third-order valence-corrected chi connectivity index (χ3v) is 20.4. The van der Waals surface area contributed by atoms with E-state index in [-0.39, 0.29) is 85.5 Å². The fourth-order valence-electron chi connectivity index (χ4n) is 9.85. The molecule has 10 rings (SSSR count). The minimum absolute atomic E-state index is 0.0139. The number of pyridine rings is 1. The van der Waals surface area contributed by atoms with Crippen LogP contribution in [0.3, 0.4) is 0 Å². The number of carboxylic acid groups (broad SMARTS) is 2. The average Bonchev–Trinajstić information content (AvgIpc) is 2.05. The minimum atomic E-state index is -1.14. The molecule has 1 aliphatic rings. The van der Waals surface area contributed by atoms with Gasteiger partial charge in [0.2, 0.25) is 11.8 Å². The van der Waals surface area contributed by atoms with Crippen molar-refractivity contribution in [2.75, 3.05) is 20.7 Å². The van der Waals surface area contributed by atoms with Crippen LogP contribution in [0.5, 0.6) is 0 Å². The molecule has 9 aromatic rings. The van der Waals surface area contributed by atoms with Gasteiger partial charge in [0.25, 0.3) is 11.8 Å². The van der Waals surface area contributed by atoms with Crippen LogP contribution in [-0.2, 0) is 36.9 Å². The molecule has 4 amide bonds. The molecule has 0 saturated heterocycles. The van der Waals surface area contributed by atoms with Crippen molar-refractivity contribution in [2.45, 2.75) is 103 Å². The molecule has 0 fully saturated rings. The maximum absolute atomic E-state index is 14.4. The van der Waals surface area contributed by atoms with Gasteiger partial charge in [0.05, 0.1) is 53.7 Å². The molecule has 30 heteroatoms. The number of nitrogens with one attached hydrogen (secondary N) is 4. The lowest BCUT2D eigenvalue weighted by Crippen LogP contribution is -2.40. The molecular weight excluding hydrogens is 1270 g/mol. The van der Waals surface area contributed by atoms with Crippen molar-refractivity contribution in [3.8, 4) is 49.2 Å². The zero-order chi connectivity index (χ0) is 63.9. The number of aryl methyl sites for hydroxylation is 2. The highest BCUT2D eigenvalue weighted by molar-refractivity contribution is 7.15. The van der Waals surface area contributed by atoms with Crippen LogP contribution in [0.25, 0.3) is 49.2 Å². The first-order chi connectivity index (χ1) is 43.2. The quantitative estimate of drug-likeness (QED) is 0.0462. The molecule has 0 radical (unpaired) electrons. The number of rotatable bonds is 17. The molecular formula is C60H59N13O11S6. The number of thiazole rings is 6. The van der Waals surface area contributed by atoms with Gasteiger partial charge in [-0.15, -0.1) is 68.0 Å². The Bertz CT molecular complexity index is 4180. The first-order valence-electron chi connectivity index (χ1n) is 28.3. The van der Waals surface area contributed by atoms with Crippen LogP contribution >= 0.6 is 68.0 Å². The van der Waals surface area contributed by atoms with Crippen LogP contribution in [0.15, 0.2) is 70.2 Å². The lowest BCUT2D eigenvalue weighted by Gasteiger charge is -2.24. The minimum Gasteiger partial charge on any atom is -0.481 e. The summed E-state index contributed by atoms with van der Waals surface area (Å²) in [5.41, 5.74) is 3.39. The number of methoxy groups -OCH3 is 1. The van der Waals surface area contributed by atoms with E-state index in [1.165, 1.54) is 88.4 Å². The standard InChI is InChI=1S/C60H59N13O11S6/c1-28(2)33-19-41(75)50-30(4)89-59(71-50)35(20-45(76)61-5)65-53(82)38-25-85-55(67-38)32-15-16-34(57-69-44(27-88-57)73-22-36(40(74)17-18-48(80)81)63-43(73)13-10-14-47(78)79)64-51(32)37-24-86-58(66-37)39-26-87-60(68-39)49(29(3)31-11-8-7-9-12-31)70-46(77)21-62-54(83)52-42(23-84-6)90-56(33)72-52/h7-9,11-12,15-16,22,24-29,33,35,49H,10,13-14,17-21,23H2,1-6H3,(H,61,76)(H,62,83)(H,65,82)(H,70,77)(H,78,79)(H,80,81)/t29-,33?,35-,49-/m0/s1. The Hall–Kier alpha value is -8.52. The van der Waals surface area contributed by atoms with Crippen molar-refractivity contribution in [3.63, 3.8) is 0 Å². The summed E-state index contributed by atoms with van der Waals surface area (Å²) in [5.74, 6) is -5.23. The van der Waals surface area contributed by atoms with Crippen LogP contribution in [0.1, 0.15) is 161 Å². The van der Waals surface area contributed by atoms with Crippen molar-refractivity contribution in [1.29, 1.82) is 0 Å². The highest BCUT2D eigenvalue weighted by atomic mass is 32.1. The molecule has 466 valence electrons. The maximum atomic E-state index is 14.4. The second-order valence-electron chi connectivity index (χ2n) is 21.2. The Morgan fingerprint density at radius 2 is 1.42 bits per heavy atom. The van der Waals surface area contributed by atoms with Gasteiger partial charge in [-0.25, -0.2) is 39.9 Å². The lowest BCUT2D eigenvalue weighted by atomic mass is 9.90. The summed E-state index contributed by atoms with van der Waals surface area (Å²) in [7, 11) is 2.97. The number of Topliss-reactive ketones (excluding diaryl/α,β-unsaturated/α-hetero) is 2. The molecule has 0 spiro atoms. The van der Waals surface area contributed by atoms with Gasteiger partial charge in [0, 0.05) is 89.8 Å². The van der Waals surface area contributed by atoms with Gasteiger partial charge in [0.1, 0.15) is 76.5 Å². The Balaban J connectivity index is 1.06. The second-order valence-corrected chi connectivity index (χ2v) is 27.1. The largest absolute Gasteiger partial charge is 0.481 e. The Labute approximate surface area is 538 Å². The molecule has 0 saturated carbocycles. The normalized spacial score (nSPS) is 16.1. The van der Waals surface area contributed by atoms with Crippen LogP contribution in [-0.4, -0.2) is 122 Å². The van der Waals surface area contributed by atoms with Crippen LogP contribution < -0.4 is 21.3 Å². The summed E-state index contributed by atoms with van der Waals surface area (Å²) in [6.07, 6.45) is 0.764. The molecule has 4 atom stereocenters. The topological polar surface area (TPSA) is 342 Å². The predicted octanol–water partition coefficient (Wildman–Crippen LogP) is 9.91. The van der Waals surface area contributed by atoms with Crippen molar-refractivity contribution in [1.82, 2.24) is 65.7 Å². The van der Waals surface area contributed by atoms with Gasteiger partial charge < -0.3 is 36.2 Å². The third-order valence-electron chi connectivity index (χ3n) is 14.6. The van der Waals surface area contributed by atoms with E-state index < -0.39 is 72.3 Å². The zero-order valence-electron chi connectivity index (χ0n) is 49.2. The number of aromatic nitrogens is 9. The van der Waals surface area contributed by atoms with Crippen LogP contribution in [0.2, 0.25) is 0 Å². The van der Waals surface area contributed by atoms with Crippen molar-refractivity contribution in [2.24, 2.45) is 5.92 Å². The number of ketones is 2. The number of nitrogens with zero attached hydrogens (tertiary/aromatic N) is 9. The molecule has 90 heavy (non-hydrogen) atoms. The number of amides is 4. The summed E-state index contributed by atoms with van der Waals surface area (Å²) in [4.78, 5) is 146. The predicted molar refractivity (Wildman–Crippen MR) is 341 cm³/mol. The number of fused-ring (bicyclic) bond motifs is 14. The number of ether oxygens (including phenoxy) is 1. The van der Waals surface area contributed by atoms with Crippen molar-refractivity contribution in [3.05, 3.63) is 129 Å². The maximum Gasteiger partial charge on any atom is 0.303 e. The highest BCUT2D eigenvalue weighted by Gasteiger charge is 2.33. The number of benzene rings is 1. The molecule has 6 N–H and O–H groups in total. The molecule has 8 aromatic heterocycles. The Kier molecular flexibility index (Phi) is 20.4. The SMILES string of the molecule is CNC(=O)C[C@@H]1NC(=O)c2csc(n2)-c2ccc(-c3nc(-n4cc(C(=O)CCC(=O)O)nc4CCCC(=O)O)cs3)nc2-c2csc(n2)-c2csc(n2)[C@H]([C@@H](C)c2ccccc2)NC(=O)CNC(=O)c2nc(sc2COC)C(C(C)C)CC(=O)c2nc1sc2C. The number of aliphatic carboxylic acids is 2. The van der Waals surface area contributed by atoms with E-state index in [2.05, 4.69) is 26.3 Å². The number of imidazole rings is 1. The van der Waals surface area contributed by atoms with E-state index in [1.807, 2.05) is 61.9 Å². The van der Waals surface area contributed by atoms with E-state index in [4.69, 9.17) is 39.6 Å². The van der Waals surface area contributed by atoms with Crippen LogP contribution in [0, 0.1) is 12.8 Å². The number of hydrogen-bond acceptors (Lipinski definition) is 23. The molecule has 0 aliphatic carbocycles. The zero-order valence-corrected chi connectivity index (χ0v) is 54.1. The second kappa shape index (κ2) is 28.5. The smallest absolute Gasteiger partial charge is 0.303 e. The molecule has 1 aromatic carbocycles. The first-order valence-corrected chi connectivity index (χ1v) is 33.4. The molecule has 24 nitrogen and oxygen atoms in total. The molecule has 10 bridgehead atoms. The molecule has 1 unspecified atom stereocenters.